The molecule has 0 amide bonds. The highest BCUT2D eigenvalue weighted by Crippen LogP contribution is 2.36. The van der Waals surface area contributed by atoms with Crippen LogP contribution in [0.3, 0.4) is 0 Å². The highest BCUT2D eigenvalue weighted by atomic mass is 35.5. The summed E-state index contributed by atoms with van der Waals surface area (Å²) in [6, 6.07) is 2.45. The van der Waals surface area contributed by atoms with Gasteiger partial charge in [-0.1, -0.05) is 30.1 Å². The first-order chi connectivity index (χ1) is 8.56. The fourth-order valence-corrected chi connectivity index (χ4v) is 1.90. The Bertz CT molecular complexity index is 404. The first-order valence-electron chi connectivity index (χ1n) is 5.53. The Morgan fingerprint density at radius 1 is 1.33 bits per heavy atom. The molecule has 0 heterocycles. The van der Waals surface area contributed by atoms with Crippen LogP contribution in [0, 0.1) is 10.1 Å². The van der Waals surface area contributed by atoms with E-state index in [0.29, 0.717) is 13.2 Å². The minimum absolute atomic E-state index is 0.143. The van der Waals surface area contributed by atoms with Gasteiger partial charge in [0.05, 0.1) is 15.0 Å². The number of hydrogen-bond acceptors (Lipinski definition) is 4. The van der Waals surface area contributed by atoms with E-state index in [-0.39, 0.29) is 21.5 Å². The minimum Gasteiger partial charge on any atom is -0.489 e. The van der Waals surface area contributed by atoms with Gasteiger partial charge in [-0.15, -0.1) is 0 Å². The molecular formula is C11H14Cl2N2O3. The Morgan fingerprint density at radius 3 is 2.44 bits per heavy atom. The van der Waals surface area contributed by atoms with E-state index in [1.807, 2.05) is 0 Å². The molecule has 0 saturated carbocycles. The Labute approximate surface area is 115 Å². The molecular weight excluding hydrogens is 279 g/mol. The summed E-state index contributed by atoms with van der Waals surface area (Å²) in [5.74, 6) is 0.280. The number of non-ortho nitro benzene ring substituents is 1. The highest BCUT2D eigenvalue weighted by Gasteiger charge is 2.15. The third-order valence-electron chi connectivity index (χ3n) is 2.15. The van der Waals surface area contributed by atoms with Gasteiger partial charge in [-0.25, -0.2) is 0 Å². The Kier molecular flexibility index (Phi) is 6.18. The van der Waals surface area contributed by atoms with E-state index in [1.54, 1.807) is 0 Å². The lowest BCUT2D eigenvalue weighted by Gasteiger charge is -2.10. The normalized spacial score (nSPS) is 10.4. The molecule has 0 spiro atoms. The number of nitro groups is 1. The van der Waals surface area contributed by atoms with Gasteiger partial charge in [0.1, 0.15) is 6.61 Å². The van der Waals surface area contributed by atoms with Crippen LogP contribution in [0.15, 0.2) is 12.1 Å². The zero-order valence-electron chi connectivity index (χ0n) is 9.91. The van der Waals surface area contributed by atoms with Gasteiger partial charge in [0.2, 0.25) is 0 Å². The van der Waals surface area contributed by atoms with Gasteiger partial charge >= 0.3 is 0 Å². The van der Waals surface area contributed by atoms with Gasteiger partial charge in [-0.05, 0) is 13.0 Å². The number of nitro benzene ring substituents is 1. The van der Waals surface area contributed by atoms with Crippen LogP contribution in [0.4, 0.5) is 5.69 Å². The molecule has 0 radical (unpaired) electrons. The van der Waals surface area contributed by atoms with Gasteiger partial charge in [0, 0.05) is 18.7 Å². The molecule has 0 aliphatic heterocycles. The topological polar surface area (TPSA) is 64.4 Å². The second-order valence-electron chi connectivity index (χ2n) is 3.59. The zero-order chi connectivity index (χ0) is 13.5. The van der Waals surface area contributed by atoms with Gasteiger partial charge < -0.3 is 10.1 Å². The number of nitrogens with one attached hydrogen (secondary N) is 1. The van der Waals surface area contributed by atoms with E-state index in [1.165, 1.54) is 12.1 Å². The average molecular weight is 293 g/mol. The lowest BCUT2D eigenvalue weighted by molar-refractivity contribution is -0.384. The van der Waals surface area contributed by atoms with Crippen LogP contribution >= 0.6 is 23.2 Å². The second-order valence-corrected chi connectivity index (χ2v) is 4.41. The standard InChI is InChI=1S/C11H14Cl2N2O3/c1-2-3-14-4-5-18-11-9(12)6-8(15(16)17)7-10(11)13/h6-7,14H,2-5H2,1H3. The molecule has 0 saturated heterocycles. The maximum atomic E-state index is 10.6. The van der Waals surface area contributed by atoms with Crippen LogP contribution in [0.25, 0.3) is 0 Å². The molecule has 1 aromatic rings. The van der Waals surface area contributed by atoms with E-state index in [2.05, 4.69) is 12.2 Å². The molecule has 5 nitrogen and oxygen atoms in total. The summed E-state index contributed by atoms with van der Waals surface area (Å²) in [7, 11) is 0. The Morgan fingerprint density at radius 2 is 1.94 bits per heavy atom. The van der Waals surface area contributed by atoms with Crippen molar-refractivity contribution in [1.82, 2.24) is 5.32 Å². The molecule has 7 heteroatoms. The summed E-state index contributed by atoms with van der Waals surface area (Å²) in [5.41, 5.74) is -0.151. The van der Waals surface area contributed by atoms with Crippen LogP contribution in [0.5, 0.6) is 5.75 Å². The molecule has 100 valence electrons. The summed E-state index contributed by atoms with van der Waals surface area (Å²) >= 11 is 11.8. The van der Waals surface area contributed by atoms with Crippen molar-refractivity contribution in [2.75, 3.05) is 19.7 Å². The molecule has 0 atom stereocenters. The van der Waals surface area contributed by atoms with Crippen LogP contribution in [0.2, 0.25) is 10.0 Å². The number of rotatable bonds is 7. The predicted octanol–water partition coefficient (Wildman–Crippen LogP) is 3.28. The van der Waals surface area contributed by atoms with Crippen LogP contribution in [0.1, 0.15) is 13.3 Å². The van der Waals surface area contributed by atoms with Gasteiger partial charge in [0.25, 0.3) is 5.69 Å². The maximum absolute atomic E-state index is 10.6. The van der Waals surface area contributed by atoms with Crippen molar-refractivity contribution in [1.29, 1.82) is 0 Å². The molecule has 1 N–H and O–H groups in total. The fraction of sp³-hybridized carbons (Fsp3) is 0.455. The number of hydrogen-bond donors (Lipinski definition) is 1. The molecule has 0 aromatic heterocycles. The molecule has 18 heavy (non-hydrogen) atoms. The monoisotopic (exact) mass is 292 g/mol. The van der Waals surface area contributed by atoms with Gasteiger partial charge in [-0.2, -0.15) is 0 Å². The van der Waals surface area contributed by atoms with Crippen molar-refractivity contribution in [3.05, 3.63) is 32.3 Å². The Balaban J connectivity index is 2.63. The van der Waals surface area contributed by atoms with E-state index >= 15 is 0 Å². The van der Waals surface area contributed by atoms with Gasteiger partial charge in [0.15, 0.2) is 5.75 Å². The maximum Gasteiger partial charge on any atom is 0.272 e. The smallest absolute Gasteiger partial charge is 0.272 e. The van der Waals surface area contributed by atoms with Gasteiger partial charge in [-0.3, -0.25) is 10.1 Å². The molecule has 0 unspecified atom stereocenters. The summed E-state index contributed by atoms with van der Waals surface area (Å²) in [5, 5.41) is 14.0. The third-order valence-corrected chi connectivity index (χ3v) is 2.71. The van der Waals surface area contributed by atoms with Crippen LogP contribution in [-0.4, -0.2) is 24.6 Å². The number of nitrogens with zero attached hydrogens (tertiary/aromatic N) is 1. The van der Waals surface area contributed by atoms with Crippen molar-refractivity contribution in [2.45, 2.75) is 13.3 Å². The van der Waals surface area contributed by atoms with Crippen molar-refractivity contribution in [3.63, 3.8) is 0 Å². The summed E-state index contributed by atoms with van der Waals surface area (Å²) < 4.78 is 5.40. The predicted molar refractivity (Wildman–Crippen MR) is 71.8 cm³/mol. The van der Waals surface area contributed by atoms with E-state index in [9.17, 15) is 10.1 Å². The van der Waals surface area contributed by atoms with Crippen molar-refractivity contribution >= 4 is 28.9 Å². The van der Waals surface area contributed by atoms with Crippen LogP contribution < -0.4 is 10.1 Å². The fourth-order valence-electron chi connectivity index (χ4n) is 1.32. The highest BCUT2D eigenvalue weighted by molar-refractivity contribution is 6.37. The molecule has 0 aliphatic rings. The average Bonchev–Trinajstić information content (AvgIpc) is 2.31. The molecule has 0 aliphatic carbocycles. The number of benzene rings is 1. The van der Waals surface area contributed by atoms with E-state index < -0.39 is 4.92 Å². The third kappa shape index (κ3) is 4.33. The number of ether oxygens (including phenoxy) is 1. The number of halogens is 2. The quantitative estimate of drug-likeness (QED) is 0.476. The SMILES string of the molecule is CCCNCCOc1c(Cl)cc([N+](=O)[O-])cc1Cl. The molecule has 1 aromatic carbocycles. The zero-order valence-corrected chi connectivity index (χ0v) is 11.4. The largest absolute Gasteiger partial charge is 0.489 e. The summed E-state index contributed by atoms with van der Waals surface area (Å²) in [4.78, 5) is 10.0. The van der Waals surface area contributed by atoms with E-state index in [0.717, 1.165) is 13.0 Å². The van der Waals surface area contributed by atoms with Crippen molar-refractivity contribution in [2.24, 2.45) is 0 Å². The molecule has 0 fully saturated rings. The molecule has 0 bridgehead atoms. The first kappa shape index (κ1) is 15.0. The summed E-state index contributed by atoms with van der Waals surface area (Å²) in [6.07, 6.45) is 1.04. The minimum atomic E-state index is -0.551. The first-order valence-corrected chi connectivity index (χ1v) is 6.28. The van der Waals surface area contributed by atoms with E-state index in [4.69, 9.17) is 27.9 Å². The lowest BCUT2D eigenvalue weighted by atomic mass is 10.3. The Hall–Kier alpha value is -1.04. The van der Waals surface area contributed by atoms with Crippen molar-refractivity contribution < 1.29 is 9.66 Å². The summed E-state index contributed by atoms with van der Waals surface area (Å²) in [6.45, 7) is 4.04. The molecule has 1 rings (SSSR count). The lowest BCUT2D eigenvalue weighted by Crippen LogP contribution is -2.21. The van der Waals surface area contributed by atoms with Crippen molar-refractivity contribution in [3.8, 4) is 5.75 Å². The second kappa shape index (κ2) is 7.41. The van der Waals surface area contributed by atoms with Crippen LogP contribution in [-0.2, 0) is 0 Å².